The number of rotatable bonds is 6. The molecule has 1 aliphatic carbocycles. The normalized spacial score (nSPS) is 15.3. The van der Waals surface area contributed by atoms with Crippen molar-refractivity contribution in [2.75, 3.05) is 0 Å². The largest absolute Gasteiger partial charge is 0.352 e. The highest BCUT2D eigenvalue weighted by atomic mass is 35.5. The molecule has 1 atom stereocenters. The zero-order valence-electron chi connectivity index (χ0n) is 15.4. The van der Waals surface area contributed by atoms with Crippen molar-refractivity contribution in [3.63, 3.8) is 0 Å². The number of benzene rings is 1. The summed E-state index contributed by atoms with van der Waals surface area (Å²) in [7, 11) is 0. The van der Waals surface area contributed by atoms with Crippen molar-refractivity contribution in [1.82, 2.24) is 15.2 Å². The molecule has 2 aromatic rings. The van der Waals surface area contributed by atoms with Crippen molar-refractivity contribution in [3.8, 4) is 0 Å². The molecule has 2 amide bonds. The standard InChI is InChI=1S/C21H24ClN3O2/c1-15(20(26)24-18-9-5-6-10-18)25(14-16-7-3-2-4-8-16)21(27)17-11-12-19(22)23-13-17/h2-4,7-8,11-13,15,18H,5-6,9-10,14H2,1H3,(H,24,26). The van der Waals surface area contributed by atoms with Gasteiger partial charge in [-0.2, -0.15) is 0 Å². The van der Waals surface area contributed by atoms with Gasteiger partial charge in [-0.25, -0.2) is 4.98 Å². The molecular weight excluding hydrogens is 362 g/mol. The summed E-state index contributed by atoms with van der Waals surface area (Å²) in [5.41, 5.74) is 1.38. The second kappa shape index (κ2) is 9.00. The van der Waals surface area contributed by atoms with Gasteiger partial charge in [-0.15, -0.1) is 0 Å². The van der Waals surface area contributed by atoms with E-state index in [2.05, 4.69) is 10.3 Å². The van der Waals surface area contributed by atoms with E-state index in [1.165, 1.54) is 6.20 Å². The lowest BCUT2D eigenvalue weighted by Gasteiger charge is -2.29. The molecule has 0 spiro atoms. The van der Waals surface area contributed by atoms with Gasteiger partial charge >= 0.3 is 0 Å². The molecule has 142 valence electrons. The number of carbonyl (C=O) groups excluding carboxylic acids is 2. The topological polar surface area (TPSA) is 62.3 Å². The van der Waals surface area contributed by atoms with Crippen LogP contribution in [0.25, 0.3) is 0 Å². The van der Waals surface area contributed by atoms with Gasteiger partial charge in [0.05, 0.1) is 5.56 Å². The number of nitrogens with zero attached hydrogens (tertiary/aromatic N) is 2. The Balaban J connectivity index is 1.80. The van der Waals surface area contributed by atoms with Gasteiger partial charge in [0.25, 0.3) is 5.91 Å². The van der Waals surface area contributed by atoms with E-state index in [0.29, 0.717) is 17.3 Å². The van der Waals surface area contributed by atoms with Gasteiger partial charge in [-0.1, -0.05) is 54.8 Å². The summed E-state index contributed by atoms with van der Waals surface area (Å²) in [6, 6.07) is 12.5. The number of amides is 2. The van der Waals surface area contributed by atoms with Crippen LogP contribution in [0.3, 0.4) is 0 Å². The van der Waals surface area contributed by atoms with Crippen LogP contribution in [0.2, 0.25) is 5.15 Å². The first kappa shape index (κ1) is 19.4. The Morgan fingerprint density at radius 1 is 1.19 bits per heavy atom. The van der Waals surface area contributed by atoms with E-state index < -0.39 is 6.04 Å². The number of pyridine rings is 1. The molecule has 1 heterocycles. The van der Waals surface area contributed by atoms with Gasteiger partial charge in [0.15, 0.2) is 0 Å². The van der Waals surface area contributed by atoms with Crippen LogP contribution in [0, 0.1) is 0 Å². The van der Waals surface area contributed by atoms with Gasteiger partial charge in [0, 0.05) is 18.8 Å². The first-order valence-corrected chi connectivity index (χ1v) is 9.69. The summed E-state index contributed by atoms with van der Waals surface area (Å²) >= 11 is 5.83. The van der Waals surface area contributed by atoms with Crippen LogP contribution in [0.4, 0.5) is 0 Å². The number of hydrogen-bond donors (Lipinski definition) is 1. The van der Waals surface area contributed by atoms with Crippen LogP contribution in [0.5, 0.6) is 0 Å². The third-order valence-corrected chi connectivity index (χ3v) is 5.20. The molecule has 1 aromatic heterocycles. The SMILES string of the molecule is CC(C(=O)NC1CCCC1)N(Cc1ccccc1)C(=O)c1ccc(Cl)nc1. The number of hydrogen-bond acceptors (Lipinski definition) is 3. The predicted molar refractivity (Wildman–Crippen MR) is 105 cm³/mol. The molecule has 0 aliphatic heterocycles. The second-order valence-corrected chi connectivity index (χ2v) is 7.34. The minimum Gasteiger partial charge on any atom is -0.352 e. The summed E-state index contributed by atoms with van der Waals surface area (Å²) in [5.74, 6) is -0.356. The lowest BCUT2D eigenvalue weighted by Crippen LogP contribution is -2.49. The fourth-order valence-corrected chi connectivity index (χ4v) is 3.48. The lowest BCUT2D eigenvalue weighted by atomic mass is 10.1. The molecule has 1 fully saturated rings. The Morgan fingerprint density at radius 3 is 2.52 bits per heavy atom. The summed E-state index contributed by atoms with van der Waals surface area (Å²) in [6.45, 7) is 2.12. The van der Waals surface area contributed by atoms with E-state index in [4.69, 9.17) is 11.6 Å². The van der Waals surface area contributed by atoms with Crippen LogP contribution in [0.15, 0.2) is 48.7 Å². The summed E-state index contributed by atoms with van der Waals surface area (Å²) < 4.78 is 0. The number of carbonyl (C=O) groups is 2. The zero-order chi connectivity index (χ0) is 19.2. The molecule has 1 aliphatic rings. The maximum absolute atomic E-state index is 13.1. The maximum atomic E-state index is 13.1. The predicted octanol–water partition coefficient (Wildman–Crippen LogP) is 3.82. The quantitative estimate of drug-likeness (QED) is 0.769. The van der Waals surface area contributed by atoms with Crippen molar-refractivity contribution in [3.05, 3.63) is 64.9 Å². The molecule has 27 heavy (non-hydrogen) atoms. The second-order valence-electron chi connectivity index (χ2n) is 6.95. The lowest BCUT2D eigenvalue weighted by molar-refractivity contribution is -0.126. The van der Waals surface area contributed by atoms with Gasteiger partial charge < -0.3 is 10.2 Å². The summed E-state index contributed by atoms with van der Waals surface area (Å²) in [5, 5.41) is 3.42. The monoisotopic (exact) mass is 385 g/mol. The smallest absolute Gasteiger partial charge is 0.256 e. The Kier molecular flexibility index (Phi) is 6.45. The van der Waals surface area contributed by atoms with Crippen molar-refractivity contribution in [2.24, 2.45) is 0 Å². The third-order valence-electron chi connectivity index (χ3n) is 4.98. The fourth-order valence-electron chi connectivity index (χ4n) is 3.37. The van der Waals surface area contributed by atoms with Crippen LogP contribution >= 0.6 is 11.6 Å². The minimum atomic E-state index is -0.589. The van der Waals surface area contributed by atoms with E-state index in [9.17, 15) is 9.59 Å². The third kappa shape index (κ3) is 5.07. The van der Waals surface area contributed by atoms with E-state index in [0.717, 1.165) is 31.2 Å². The molecule has 1 unspecified atom stereocenters. The molecular formula is C21H24ClN3O2. The molecule has 1 saturated carbocycles. The maximum Gasteiger partial charge on any atom is 0.256 e. The summed E-state index contributed by atoms with van der Waals surface area (Å²) in [6.07, 6.45) is 5.74. The Labute approximate surface area is 164 Å². The van der Waals surface area contributed by atoms with Crippen molar-refractivity contribution in [1.29, 1.82) is 0 Å². The first-order chi connectivity index (χ1) is 13.0. The summed E-state index contributed by atoms with van der Waals surface area (Å²) in [4.78, 5) is 31.5. The average Bonchev–Trinajstić information content (AvgIpc) is 3.19. The van der Waals surface area contributed by atoms with Crippen LogP contribution in [-0.2, 0) is 11.3 Å². The highest BCUT2D eigenvalue weighted by Crippen LogP contribution is 2.19. The van der Waals surface area contributed by atoms with Crippen LogP contribution in [-0.4, -0.2) is 33.8 Å². The molecule has 1 N–H and O–H groups in total. The number of halogens is 1. The van der Waals surface area contributed by atoms with E-state index >= 15 is 0 Å². The molecule has 1 aromatic carbocycles. The van der Waals surface area contributed by atoms with E-state index in [1.54, 1.807) is 24.0 Å². The first-order valence-electron chi connectivity index (χ1n) is 9.31. The molecule has 0 saturated heterocycles. The Morgan fingerprint density at radius 2 is 1.89 bits per heavy atom. The number of aromatic nitrogens is 1. The van der Waals surface area contributed by atoms with Gasteiger partial charge in [-0.05, 0) is 37.5 Å². The highest BCUT2D eigenvalue weighted by molar-refractivity contribution is 6.29. The van der Waals surface area contributed by atoms with Crippen LogP contribution in [0.1, 0.15) is 48.5 Å². The van der Waals surface area contributed by atoms with Crippen LogP contribution < -0.4 is 5.32 Å². The molecule has 6 heteroatoms. The van der Waals surface area contributed by atoms with Gasteiger partial charge in [0.1, 0.15) is 11.2 Å². The number of nitrogens with one attached hydrogen (secondary N) is 1. The molecule has 0 radical (unpaired) electrons. The van der Waals surface area contributed by atoms with Gasteiger partial charge in [-0.3, -0.25) is 9.59 Å². The average molecular weight is 386 g/mol. The van der Waals surface area contributed by atoms with Gasteiger partial charge in [0.2, 0.25) is 5.91 Å². The molecule has 0 bridgehead atoms. The Hall–Kier alpha value is -2.40. The van der Waals surface area contributed by atoms with E-state index in [-0.39, 0.29) is 17.9 Å². The molecule has 5 nitrogen and oxygen atoms in total. The minimum absolute atomic E-state index is 0.117. The van der Waals surface area contributed by atoms with E-state index in [1.807, 2.05) is 30.3 Å². The van der Waals surface area contributed by atoms with Crippen molar-refractivity contribution >= 4 is 23.4 Å². The molecule has 3 rings (SSSR count). The van der Waals surface area contributed by atoms with Crippen molar-refractivity contribution < 1.29 is 9.59 Å². The zero-order valence-corrected chi connectivity index (χ0v) is 16.2. The van der Waals surface area contributed by atoms with Crippen molar-refractivity contribution in [2.45, 2.75) is 51.2 Å². The fraction of sp³-hybridized carbons (Fsp3) is 0.381. The Bertz CT molecular complexity index is 774. The highest BCUT2D eigenvalue weighted by Gasteiger charge is 2.29.